The van der Waals surface area contributed by atoms with Crippen molar-refractivity contribution in [2.45, 2.75) is 86.1 Å². The monoisotopic (exact) mass is 592 g/mol. The molecule has 1 amide bonds. The molecule has 4 aliphatic heterocycles. The topological polar surface area (TPSA) is 101 Å². The molecular weight excluding hydrogens is 548 g/mol. The first-order chi connectivity index (χ1) is 20.3. The van der Waals surface area contributed by atoms with Crippen LogP contribution >= 0.6 is 11.8 Å². The largest absolute Gasteiger partial charge is 0.348 e. The number of hydrogen-bond donors (Lipinski definition) is 2. The molecule has 1 saturated carbocycles. The Bertz CT molecular complexity index is 1240. The van der Waals surface area contributed by atoms with E-state index in [4.69, 9.17) is 4.74 Å². The fourth-order valence-corrected chi connectivity index (χ4v) is 9.77. The number of carbonyl (C=O) groups excluding carboxylic acids is 2. The van der Waals surface area contributed by atoms with Crippen molar-refractivity contribution in [2.24, 2.45) is 5.92 Å². The Labute approximate surface area is 254 Å². The number of benzene rings is 1. The molecule has 6 rings (SSSR count). The number of nitrogens with one attached hydrogen (secondary N) is 2. The van der Waals surface area contributed by atoms with Gasteiger partial charge in [-0.1, -0.05) is 30.8 Å². The van der Waals surface area contributed by atoms with Crippen molar-refractivity contribution in [3.05, 3.63) is 48.0 Å². The van der Waals surface area contributed by atoms with Gasteiger partial charge in [-0.2, -0.15) is 5.26 Å². The van der Waals surface area contributed by atoms with Crippen LogP contribution in [0.5, 0.6) is 0 Å². The van der Waals surface area contributed by atoms with Crippen LogP contribution in [0.25, 0.3) is 0 Å². The Balaban J connectivity index is 1.25. The number of carbonyl (C=O) groups is 2. The fraction of sp³-hybridized carbons (Fsp3) is 0.656. The molecule has 226 valence electrons. The quantitative estimate of drug-likeness (QED) is 0.483. The molecule has 0 bridgehead atoms. The van der Waals surface area contributed by atoms with Crippen LogP contribution in [-0.2, 0) is 20.7 Å². The van der Waals surface area contributed by atoms with Crippen LogP contribution in [0.2, 0.25) is 0 Å². The number of nitrogens with zero attached hydrogens (tertiary/aromatic N) is 4. The van der Waals surface area contributed by atoms with Crippen LogP contribution in [0, 0.1) is 17.2 Å². The second-order valence-electron chi connectivity index (χ2n) is 12.7. The highest BCUT2D eigenvalue weighted by molar-refractivity contribution is 8.01. The third-order valence-corrected chi connectivity index (χ3v) is 11.9. The first-order valence-electron chi connectivity index (χ1n) is 15.5. The summed E-state index contributed by atoms with van der Waals surface area (Å²) in [6, 6.07) is 10.7. The zero-order valence-electron chi connectivity index (χ0n) is 24.8. The van der Waals surface area contributed by atoms with E-state index in [2.05, 4.69) is 71.3 Å². The second-order valence-corrected chi connectivity index (χ2v) is 14.4. The van der Waals surface area contributed by atoms with Crippen molar-refractivity contribution < 1.29 is 14.3 Å². The van der Waals surface area contributed by atoms with E-state index >= 15 is 0 Å². The number of ether oxygens (including phenoxy) is 1. The smallest absolute Gasteiger partial charge is 0.246 e. The molecule has 5 aliphatic rings. The van der Waals surface area contributed by atoms with E-state index < -0.39 is 11.1 Å². The third kappa shape index (κ3) is 5.56. The molecule has 42 heavy (non-hydrogen) atoms. The molecule has 1 aliphatic carbocycles. The van der Waals surface area contributed by atoms with Gasteiger partial charge < -0.3 is 14.5 Å². The third-order valence-electron chi connectivity index (χ3n) is 10.3. The minimum atomic E-state index is -0.454. The molecule has 4 fully saturated rings. The summed E-state index contributed by atoms with van der Waals surface area (Å²) < 4.78 is 6.03. The maximum absolute atomic E-state index is 14.6. The Kier molecular flexibility index (Phi) is 8.79. The number of ketones is 1. The molecule has 10 heteroatoms. The number of likely N-dealkylation sites (tertiary alicyclic amines) is 1. The number of rotatable bonds is 6. The molecule has 7 unspecified atom stereocenters. The summed E-state index contributed by atoms with van der Waals surface area (Å²) >= 11 is 1.84. The Morgan fingerprint density at radius 2 is 2.07 bits per heavy atom. The van der Waals surface area contributed by atoms with Gasteiger partial charge >= 0.3 is 0 Å². The van der Waals surface area contributed by atoms with Crippen LogP contribution in [0.4, 0.5) is 0 Å². The maximum atomic E-state index is 14.6. The fourth-order valence-electron chi connectivity index (χ4n) is 8.02. The van der Waals surface area contributed by atoms with Gasteiger partial charge in [0, 0.05) is 36.8 Å². The SMILES string of the molecule is C=CC(=O)N1CCN(C2NC(OCC3CCCN3C)NC3C(=O)[C@@]4(CCC32)Cc2ccccc2C(C)S4)CC1CC#N. The lowest BCUT2D eigenvalue weighted by Crippen LogP contribution is -2.75. The van der Waals surface area contributed by atoms with Crippen molar-refractivity contribution in [1.29, 1.82) is 5.26 Å². The summed E-state index contributed by atoms with van der Waals surface area (Å²) in [5.74, 6) is 0.221. The van der Waals surface area contributed by atoms with Crippen molar-refractivity contribution in [1.82, 2.24) is 25.3 Å². The first kappa shape index (κ1) is 29.8. The number of amides is 1. The van der Waals surface area contributed by atoms with Gasteiger partial charge in [-0.3, -0.25) is 25.1 Å². The van der Waals surface area contributed by atoms with E-state index in [1.54, 1.807) is 4.90 Å². The van der Waals surface area contributed by atoms with E-state index in [0.29, 0.717) is 32.3 Å². The van der Waals surface area contributed by atoms with Crippen LogP contribution in [0.3, 0.4) is 0 Å². The van der Waals surface area contributed by atoms with E-state index in [1.807, 2.05) is 11.8 Å². The molecule has 0 aromatic heterocycles. The van der Waals surface area contributed by atoms with E-state index in [1.165, 1.54) is 23.6 Å². The van der Waals surface area contributed by atoms with E-state index in [9.17, 15) is 14.9 Å². The number of fused-ring (bicyclic) bond motifs is 2. The van der Waals surface area contributed by atoms with Gasteiger partial charge in [0.25, 0.3) is 0 Å². The average molecular weight is 593 g/mol. The van der Waals surface area contributed by atoms with Crippen LogP contribution in [0.1, 0.15) is 55.4 Å². The van der Waals surface area contributed by atoms with Crippen molar-refractivity contribution >= 4 is 23.5 Å². The van der Waals surface area contributed by atoms with Crippen molar-refractivity contribution in [3.8, 4) is 6.07 Å². The molecule has 1 aromatic rings. The number of piperazine rings is 1. The van der Waals surface area contributed by atoms with Gasteiger partial charge in [-0.25, -0.2) is 0 Å². The van der Waals surface area contributed by atoms with E-state index in [0.717, 1.165) is 32.2 Å². The molecule has 9 nitrogen and oxygen atoms in total. The highest BCUT2D eigenvalue weighted by Crippen LogP contribution is 2.53. The van der Waals surface area contributed by atoms with Gasteiger partial charge in [-0.15, -0.1) is 11.8 Å². The Morgan fingerprint density at radius 1 is 1.24 bits per heavy atom. The Morgan fingerprint density at radius 3 is 2.83 bits per heavy atom. The molecular formula is C32H44N6O3S. The van der Waals surface area contributed by atoms with Gasteiger partial charge in [0.05, 0.1) is 42.1 Å². The zero-order valence-corrected chi connectivity index (χ0v) is 25.7. The van der Waals surface area contributed by atoms with Gasteiger partial charge in [-0.05, 0) is 69.8 Å². The summed E-state index contributed by atoms with van der Waals surface area (Å²) in [5.41, 5.74) is 2.64. The predicted molar refractivity (Wildman–Crippen MR) is 163 cm³/mol. The summed E-state index contributed by atoms with van der Waals surface area (Å²) in [4.78, 5) is 33.7. The first-order valence-corrected chi connectivity index (χ1v) is 16.4. The summed E-state index contributed by atoms with van der Waals surface area (Å²) in [5, 5.41) is 17.2. The minimum absolute atomic E-state index is 0.0644. The van der Waals surface area contributed by atoms with Crippen molar-refractivity contribution in [2.75, 3.05) is 39.8 Å². The normalized spacial score (nSPS) is 37.2. The lowest BCUT2D eigenvalue weighted by Gasteiger charge is -2.55. The number of hydrogen-bond acceptors (Lipinski definition) is 9. The highest BCUT2D eigenvalue weighted by atomic mass is 32.2. The van der Waals surface area contributed by atoms with Gasteiger partial charge in [0.15, 0.2) is 12.1 Å². The molecule has 0 radical (unpaired) electrons. The zero-order chi connectivity index (χ0) is 29.4. The van der Waals surface area contributed by atoms with E-state index in [-0.39, 0.29) is 47.5 Å². The molecule has 8 atom stereocenters. The number of nitriles is 1. The van der Waals surface area contributed by atoms with Gasteiger partial charge in [0.2, 0.25) is 5.91 Å². The number of likely N-dealkylation sites (N-methyl/N-ethyl adjacent to an activating group) is 1. The maximum Gasteiger partial charge on any atom is 0.246 e. The second kappa shape index (κ2) is 12.4. The standard InChI is InChI=1S/C32H44N6O3S/c1-4-27(39)38-17-16-37(19-23(38)12-14-33)30-26-11-13-32(18-22-8-5-6-10-25(22)21(2)42-32)29(40)28(26)34-31(35-30)41-20-24-9-7-15-36(24)3/h4-6,8,10,21,23-24,26,28,30-31,34-35H,1,7,9,11-13,15-20H2,2-3H3/t21?,23?,24?,26?,28?,30?,31?,32-/m1/s1. The van der Waals surface area contributed by atoms with Gasteiger partial charge in [0.1, 0.15) is 0 Å². The average Bonchev–Trinajstić information content (AvgIpc) is 3.42. The minimum Gasteiger partial charge on any atom is -0.348 e. The number of thioether (sulfide) groups is 1. The molecule has 1 spiro atoms. The van der Waals surface area contributed by atoms with Crippen LogP contribution in [-0.4, -0.2) is 102 Å². The predicted octanol–water partition coefficient (Wildman–Crippen LogP) is 2.65. The molecule has 1 aromatic carbocycles. The summed E-state index contributed by atoms with van der Waals surface area (Å²) in [7, 11) is 2.15. The number of Topliss-reactive ketones (excluding diaryl/α,β-unsaturated/α-hetero) is 1. The lowest BCUT2D eigenvalue weighted by atomic mass is 9.71. The van der Waals surface area contributed by atoms with Crippen LogP contribution in [0.15, 0.2) is 36.9 Å². The molecule has 3 saturated heterocycles. The van der Waals surface area contributed by atoms with Crippen LogP contribution < -0.4 is 10.6 Å². The molecule has 2 N–H and O–H groups in total. The summed E-state index contributed by atoms with van der Waals surface area (Å²) in [6.07, 6.45) is 5.86. The lowest BCUT2D eigenvalue weighted by molar-refractivity contribution is -0.145. The molecule has 4 heterocycles. The highest BCUT2D eigenvalue weighted by Gasteiger charge is 2.56. The van der Waals surface area contributed by atoms with Crippen molar-refractivity contribution in [3.63, 3.8) is 0 Å². The summed E-state index contributed by atoms with van der Waals surface area (Å²) in [6.45, 7) is 9.34. The Hall–Kier alpha value is -2.26.